The highest BCUT2D eigenvalue weighted by Gasteiger charge is 2.19. The first kappa shape index (κ1) is 15.9. The molecule has 98 valence electrons. The van der Waals surface area contributed by atoms with Crippen molar-refractivity contribution in [2.24, 2.45) is 5.92 Å². The quantitative estimate of drug-likeness (QED) is 0.730. The Hall–Kier alpha value is -0.120. The largest absolute Gasteiger partial charge is 0.382 e. The first-order valence-electron chi connectivity index (χ1n) is 6.15. The average Bonchev–Trinajstić information content (AvgIpc) is 2.10. The smallest absolute Gasteiger partial charge is 0.0784 e. The maximum atomic E-state index is 5.96. The van der Waals surface area contributed by atoms with Gasteiger partial charge in [0.15, 0.2) is 0 Å². The van der Waals surface area contributed by atoms with Crippen LogP contribution < -0.4 is 5.32 Å². The van der Waals surface area contributed by atoms with Gasteiger partial charge in [-0.1, -0.05) is 13.8 Å². The van der Waals surface area contributed by atoms with Gasteiger partial charge in [-0.2, -0.15) is 0 Å². The first-order chi connectivity index (χ1) is 7.26. The number of methoxy groups -OCH3 is 1. The Kier molecular flexibility index (Phi) is 7.20. The second kappa shape index (κ2) is 7.25. The van der Waals surface area contributed by atoms with Crippen molar-refractivity contribution in [3.63, 3.8) is 0 Å². The van der Waals surface area contributed by atoms with Crippen molar-refractivity contribution in [1.82, 2.24) is 5.32 Å². The van der Waals surface area contributed by atoms with E-state index in [1.165, 1.54) is 0 Å². The molecule has 3 heteroatoms. The van der Waals surface area contributed by atoms with E-state index in [4.69, 9.17) is 9.47 Å². The fraction of sp³-hybridized carbons (Fsp3) is 1.00. The summed E-state index contributed by atoms with van der Waals surface area (Å²) in [5.41, 5.74) is 0.140. The van der Waals surface area contributed by atoms with Crippen LogP contribution >= 0.6 is 0 Å². The highest BCUT2D eigenvalue weighted by atomic mass is 16.5. The molecule has 0 saturated carbocycles. The summed E-state index contributed by atoms with van der Waals surface area (Å²) in [6.45, 7) is 14.5. The molecule has 16 heavy (non-hydrogen) atoms. The lowest BCUT2D eigenvalue weighted by Crippen LogP contribution is -2.44. The first-order valence-corrected chi connectivity index (χ1v) is 6.15. The molecule has 0 spiro atoms. The molecule has 0 aliphatic heterocycles. The standard InChI is InChI=1S/C13H29NO2/c1-10(2)12(8-14-13(4,5)6)16-11(3)9-15-7/h10-12,14H,8-9H2,1-7H3. The highest BCUT2D eigenvalue weighted by Crippen LogP contribution is 2.10. The van der Waals surface area contributed by atoms with E-state index >= 15 is 0 Å². The Morgan fingerprint density at radius 2 is 1.69 bits per heavy atom. The van der Waals surface area contributed by atoms with Crippen LogP contribution in [0.15, 0.2) is 0 Å². The molecule has 1 N–H and O–H groups in total. The number of nitrogens with one attached hydrogen (secondary N) is 1. The molecule has 2 atom stereocenters. The van der Waals surface area contributed by atoms with Crippen molar-refractivity contribution in [2.75, 3.05) is 20.3 Å². The van der Waals surface area contributed by atoms with Gasteiger partial charge >= 0.3 is 0 Å². The SMILES string of the molecule is COCC(C)OC(CNC(C)(C)C)C(C)C. The van der Waals surface area contributed by atoms with Gasteiger partial charge in [0.2, 0.25) is 0 Å². The van der Waals surface area contributed by atoms with Gasteiger partial charge in [-0.05, 0) is 33.6 Å². The molecule has 2 unspecified atom stereocenters. The summed E-state index contributed by atoms with van der Waals surface area (Å²) in [6, 6.07) is 0. The summed E-state index contributed by atoms with van der Waals surface area (Å²) in [5, 5.41) is 3.48. The monoisotopic (exact) mass is 231 g/mol. The molecule has 0 bridgehead atoms. The minimum Gasteiger partial charge on any atom is -0.382 e. The summed E-state index contributed by atoms with van der Waals surface area (Å²) in [4.78, 5) is 0. The molecular formula is C13H29NO2. The predicted molar refractivity (Wildman–Crippen MR) is 68.8 cm³/mol. The zero-order chi connectivity index (χ0) is 12.8. The van der Waals surface area contributed by atoms with Crippen LogP contribution in [0.2, 0.25) is 0 Å². The Morgan fingerprint density at radius 1 is 1.12 bits per heavy atom. The van der Waals surface area contributed by atoms with Gasteiger partial charge < -0.3 is 14.8 Å². The zero-order valence-corrected chi connectivity index (χ0v) is 12.0. The van der Waals surface area contributed by atoms with Gasteiger partial charge in [0.25, 0.3) is 0 Å². The van der Waals surface area contributed by atoms with Crippen LogP contribution in [-0.2, 0) is 9.47 Å². The molecule has 0 amide bonds. The number of rotatable bonds is 7. The molecule has 0 rings (SSSR count). The molecule has 0 saturated heterocycles. The van der Waals surface area contributed by atoms with Gasteiger partial charge in [0.05, 0.1) is 18.8 Å². The van der Waals surface area contributed by atoms with Crippen molar-refractivity contribution in [3.05, 3.63) is 0 Å². The van der Waals surface area contributed by atoms with E-state index in [0.29, 0.717) is 12.5 Å². The molecule has 0 fully saturated rings. The second-order valence-electron chi connectivity index (χ2n) is 5.82. The van der Waals surface area contributed by atoms with Crippen LogP contribution in [0, 0.1) is 5.92 Å². The van der Waals surface area contributed by atoms with Gasteiger partial charge in [0.1, 0.15) is 0 Å². The summed E-state index contributed by atoms with van der Waals surface area (Å²) in [5.74, 6) is 0.508. The maximum absolute atomic E-state index is 5.96. The third kappa shape index (κ3) is 8.08. The molecule has 0 aliphatic rings. The Bertz CT molecular complexity index is 175. The van der Waals surface area contributed by atoms with Crippen LogP contribution in [0.4, 0.5) is 0 Å². The molecule has 0 radical (unpaired) electrons. The van der Waals surface area contributed by atoms with E-state index in [1.54, 1.807) is 7.11 Å². The fourth-order valence-corrected chi connectivity index (χ4v) is 1.42. The van der Waals surface area contributed by atoms with E-state index < -0.39 is 0 Å². The lowest BCUT2D eigenvalue weighted by Gasteiger charge is -2.29. The Labute approximate surface area is 101 Å². The van der Waals surface area contributed by atoms with Crippen LogP contribution in [0.5, 0.6) is 0 Å². The number of hydrogen-bond acceptors (Lipinski definition) is 3. The van der Waals surface area contributed by atoms with E-state index in [2.05, 4.69) is 46.9 Å². The van der Waals surface area contributed by atoms with Crippen LogP contribution in [-0.4, -0.2) is 38.0 Å². The molecule has 3 nitrogen and oxygen atoms in total. The highest BCUT2D eigenvalue weighted by molar-refractivity contribution is 4.75. The Morgan fingerprint density at radius 3 is 2.06 bits per heavy atom. The number of hydrogen-bond donors (Lipinski definition) is 1. The second-order valence-corrected chi connectivity index (χ2v) is 5.82. The van der Waals surface area contributed by atoms with E-state index in [9.17, 15) is 0 Å². The molecule has 0 aromatic heterocycles. The van der Waals surface area contributed by atoms with Gasteiger partial charge in [-0.15, -0.1) is 0 Å². The average molecular weight is 231 g/mol. The fourth-order valence-electron chi connectivity index (χ4n) is 1.42. The van der Waals surface area contributed by atoms with Crippen molar-refractivity contribution in [2.45, 2.75) is 59.3 Å². The topological polar surface area (TPSA) is 30.5 Å². The van der Waals surface area contributed by atoms with E-state index in [1.807, 2.05) is 0 Å². The lowest BCUT2D eigenvalue weighted by atomic mass is 10.0. The third-order valence-corrected chi connectivity index (χ3v) is 2.39. The van der Waals surface area contributed by atoms with Gasteiger partial charge in [-0.3, -0.25) is 0 Å². The molecular weight excluding hydrogens is 202 g/mol. The predicted octanol–water partition coefficient (Wildman–Crippen LogP) is 2.45. The molecule has 0 heterocycles. The van der Waals surface area contributed by atoms with Gasteiger partial charge in [0, 0.05) is 19.2 Å². The molecule has 0 aromatic carbocycles. The third-order valence-electron chi connectivity index (χ3n) is 2.39. The summed E-state index contributed by atoms with van der Waals surface area (Å²) < 4.78 is 11.0. The Balaban J connectivity index is 4.08. The number of ether oxygens (including phenoxy) is 2. The van der Waals surface area contributed by atoms with Crippen molar-refractivity contribution in [3.8, 4) is 0 Å². The minimum atomic E-state index is 0.140. The summed E-state index contributed by atoms with van der Waals surface area (Å²) in [7, 11) is 1.71. The van der Waals surface area contributed by atoms with Crippen molar-refractivity contribution < 1.29 is 9.47 Å². The van der Waals surface area contributed by atoms with E-state index in [0.717, 1.165) is 6.54 Å². The molecule has 0 aliphatic carbocycles. The van der Waals surface area contributed by atoms with Crippen LogP contribution in [0.3, 0.4) is 0 Å². The lowest BCUT2D eigenvalue weighted by molar-refractivity contribution is -0.0574. The van der Waals surface area contributed by atoms with Crippen LogP contribution in [0.1, 0.15) is 41.5 Å². The summed E-state index contributed by atoms with van der Waals surface area (Å²) >= 11 is 0. The van der Waals surface area contributed by atoms with E-state index in [-0.39, 0.29) is 17.7 Å². The maximum Gasteiger partial charge on any atom is 0.0784 e. The van der Waals surface area contributed by atoms with Crippen LogP contribution in [0.25, 0.3) is 0 Å². The zero-order valence-electron chi connectivity index (χ0n) is 12.0. The summed E-state index contributed by atoms with van der Waals surface area (Å²) in [6.07, 6.45) is 0.392. The minimum absolute atomic E-state index is 0.140. The van der Waals surface area contributed by atoms with Crippen molar-refractivity contribution >= 4 is 0 Å². The van der Waals surface area contributed by atoms with Crippen molar-refractivity contribution in [1.29, 1.82) is 0 Å². The normalized spacial score (nSPS) is 16.5. The molecule has 0 aromatic rings. The van der Waals surface area contributed by atoms with Gasteiger partial charge in [-0.25, -0.2) is 0 Å².